The van der Waals surface area contributed by atoms with Gasteiger partial charge in [0.2, 0.25) is 5.75 Å². The first kappa shape index (κ1) is 32.3. The molecule has 0 aliphatic carbocycles. The van der Waals surface area contributed by atoms with E-state index in [4.69, 9.17) is 9.47 Å². The molecule has 0 aliphatic heterocycles. The van der Waals surface area contributed by atoms with E-state index < -0.39 is 57.4 Å². The molecule has 0 heterocycles. The molecule has 9 heteroatoms. The molecule has 0 bridgehead atoms. The SMILES string of the molecule is CCCCCCOC(=O)c1c(C(=O)c2ccccc2)c(O)c(O)c(OC(=O)c2ccccc2)c1C(=O)c1cccc(C(C)=O)c1. The summed E-state index contributed by atoms with van der Waals surface area (Å²) in [5.41, 5.74) is -1.94. The van der Waals surface area contributed by atoms with E-state index in [9.17, 15) is 34.2 Å². The number of phenolic OH excluding ortho intramolecular Hbond substituents is 2. The summed E-state index contributed by atoms with van der Waals surface area (Å²) in [6.45, 7) is 3.26. The quantitative estimate of drug-likeness (QED) is 0.0556. The van der Waals surface area contributed by atoms with Crippen molar-refractivity contribution in [1.82, 2.24) is 0 Å². The standard InChI is InChI=1S/C36H32O9/c1-3-4-5-12-20-44-36(43)27-28(30(38)23-14-8-6-9-15-23)32(40)33(41)34(45-35(42)24-16-10-7-11-17-24)29(27)31(39)26-19-13-18-25(21-26)22(2)37/h6-11,13-19,21,40-41H,3-5,12,20H2,1-2H3. The molecule has 45 heavy (non-hydrogen) atoms. The summed E-state index contributed by atoms with van der Waals surface area (Å²) in [7, 11) is 0. The molecule has 0 fully saturated rings. The van der Waals surface area contributed by atoms with E-state index >= 15 is 0 Å². The number of aromatic hydroxyl groups is 2. The average molecular weight is 609 g/mol. The summed E-state index contributed by atoms with van der Waals surface area (Å²) in [5.74, 6) is -7.40. The number of esters is 2. The lowest BCUT2D eigenvalue weighted by Crippen LogP contribution is -2.22. The number of hydrogen-bond donors (Lipinski definition) is 2. The van der Waals surface area contributed by atoms with E-state index in [1.165, 1.54) is 55.5 Å². The number of phenols is 2. The highest BCUT2D eigenvalue weighted by atomic mass is 16.5. The summed E-state index contributed by atoms with van der Waals surface area (Å²) in [6.07, 6.45) is 3.07. The zero-order chi connectivity index (χ0) is 32.5. The minimum Gasteiger partial charge on any atom is -0.504 e. The smallest absolute Gasteiger partial charge is 0.343 e. The van der Waals surface area contributed by atoms with Crippen molar-refractivity contribution in [2.24, 2.45) is 0 Å². The van der Waals surface area contributed by atoms with Gasteiger partial charge in [0, 0.05) is 16.7 Å². The van der Waals surface area contributed by atoms with Gasteiger partial charge in [-0.15, -0.1) is 0 Å². The Morgan fingerprint density at radius 1 is 0.600 bits per heavy atom. The third-order valence-corrected chi connectivity index (χ3v) is 7.06. The number of unbranched alkanes of at least 4 members (excludes halogenated alkanes) is 3. The van der Waals surface area contributed by atoms with Crippen molar-refractivity contribution in [2.45, 2.75) is 39.5 Å². The number of benzene rings is 4. The molecule has 0 saturated carbocycles. The van der Waals surface area contributed by atoms with Crippen molar-refractivity contribution in [2.75, 3.05) is 6.61 Å². The predicted octanol–water partition coefficient (Wildman–Crippen LogP) is 6.72. The van der Waals surface area contributed by atoms with Crippen LogP contribution < -0.4 is 4.74 Å². The zero-order valence-electron chi connectivity index (χ0n) is 24.9. The van der Waals surface area contributed by atoms with Gasteiger partial charge in [-0.3, -0.25) is 14.4 Å². The molecular weight excluding hydrogens is 576 g/mol. The van der Waals surface area contributed by atoms with E-state index in [-0.39, 0.29) is 34.6 Å². The number of hydrogen-bond acceptors (Lipinski definition) is 9. The van der Waals surface area contributed by atoms with Gasteiger partial charge in [-0.2, -0.15) is 0 Å². The summed E-state index contributed by atoms with van der Waals surface area (Å²) >= 11 is 0. The minimum atomic E-state index is -1.15. The summed E-state index contributed by atoms with van der Waals surface area (Å²) in [6, 6.07) is 20.9. The maximum atomic E-state index is 14.3. The molecule has 4 aromatic rings. The Morgan fingerprint density at radius 2 is 1.18 bits per heavy atom. The second-order valence-electron chi connectivity index (χ2n) is 10.3. The number of Topliss-reactive ketones (excluding diaryl/α,β-unsaturated/α-hetero) is 1. The number of rotatable bonds is 13. The summed E-state index contributed by atoms with van der Waals surface area (Å²) in [5, 5.41) is 22.5. The molecule has 0 radical (unpaired) electrons. The molecule has 4 rings (SSSR count). The maximum absolute atomic E-state index is 14.3. The second-order valence-corrected chi connectivity index (χ2v) is 10.3. The fourth-order valence-corrected chi connectivity index (χ4v) is 4.69. The van der Waals surface area contributed by atoms with E-state index in [1.807, 2.05) is 6.92 Å². The van der Waals surface area contributed by atoms with Crippen molar-refractivity contribution < 1.29 is 43.7 Å². The Morgan fingerprint density at radius 3 is 1.80 bits per heavy atom. The molecular formula is C36H32O9. The first-order valence-corrected chi connectivity index (χ1v) is 14.5. The van der Waals surface area contributed by atoms with Gasteiger partial charge in [-0.05, 0) is 31.5 Å². The Labute approximate surface area is 260 Å². The lowest BCUT2D eigenvalue weighted by atomic mass is 9.88. The van der Waals surface area contributed by atoms with Crippen LogP contribution in [-0.4, -0.2) is 46.1 Å². The monoisotopic (exact) mass is 608 g/mol. The van der Waals surface area contributed by atoms with Crippen LogP contribution in [0.5, 0.6) is 17.2 Å². The number of ether oxygens (including phenoxy) is 2. The van der Waals surface area contributed by atoms with Crippen molar-refractivity contribution >= 4 is 29.3 Å². The predicted molar refractivity (Wildman–Crippen MR) is 165 cm³/mol. The van der Waals surface area contributed by atoms with E-state index in [2.05, 4.69) is 0 Å². The molecule has 0 spiro atoms. The highest BCUT2D eigenvalue weighted by Crippen LogP contribution is 2.46. The Hall–Kier alpha value is -5.57. The van der Waals surface area contributed by atoms with E-state index in [1.54, 1.807) is 36.4 Å². The van der Waals surface area contributed by atoms with Crippen molar-refractivity contribution in [3.63, 3.8) is 0 Å². The molecule has 230 valence electrons. The van der Waals surface area contributed by atoms with Crippen LogP contribution in [-0.2, 0) is 4.74 Å². The molecule has 2 N–H and O–H groups in total. The lowest BCUT2D eigenvalue weighted by molar-refractivity contribution is 0.0489. The molecule has 4 aromatic carbocycles. The van der Waals surface area contributed by atoms with Crippen LogP contribution in [0, 0.1) is 0 Å². The van der Waals surface area contributed by atoms with Crippen molar-refractivity contribution in [3.8, 4) is 17.2 Å². The number of ketones is 3. The topological polar surface area (TPSA) is 144 Å². The Bertz CT molecular complexity index is 1740. The van der Waals surface area contributed by atoms with Gasteiger partial charge in [0.05, 0.1) is 28.9 Å². The van der Waals surface area contributed by atoms with Crippen LogP contribution >= 0.6 is 0 Å². The minimum absolute atomic E-state index is 0.0372. The Balaban J connectivity index is 2.00. The van der Waals surface area contributed by atoms with Crippen molar-refractivity contribution in [1.29, 1.82) is 0 Å². The largest absolute Gasteiger partial charge is 0.504 e. The number of carbonyl (C=O) groups is 5. The molecule has 0 aliphatic rings. The maximum Gasteiger partial charge on any atom is 0.343 e. The number of carbonyl (C=O) groups excluding carboxylic acids is 5. The van der Waals surface area contributed by atoms with E-state index in [0.717, 1.165) is 19.3 Å². The second kappa shape index (κ2) is 14.7. The molecule has 9 nitrogen and oxygen atoms in total. The fraction of sp³-hybridized carbons (Fsp3) is 0.194. The van der Waals surface area contributed by atoms with E-state index in [0.29, 0.717) is 6.42 Å². The van der Waals surface area contributed by atoms with Crippen molar-refractivity contribution in [3.05, 3.63) is 124 Å². The zero-order valence-corrected chi connectivity index (χ0v) is 24.9. The Kier molecular flexibility index (Phi) is 10.6. The first-order chi connectivity index (χ1) is 21.6. The normalized spacial score (nSPS) is 10.6. The summed E-state index contributed by atoms with van der Waals surface area (Å²) in [4.78, 5) is 67.2. The van der Waals surface area contributed by atoms with Crippen LogP contribution in [0.15, 0.2) is 84.9 Å². The summed E-state index contributed by atoms with van der Waals surface area (Å²) < 4.78 is 11.0. The molecule has 0 unspecified atom stereocenters. The molecule has 0 saturated heterocycles. The highest BCUT2D eigenvalue weighted by molar-refractivity contribution is 6.24. The lowest BCUT2D eigenvalue weighted by Gasteiger charge is -2.20. The van der Waals surface area contributed by atoms with Gasteiger partial charge in [0.15, 0.2) is 28.8 Å². The van der Waals surface area contributed by atoms with Gasteiger partial charge >= 0.3 is 11.9 Å². The molecule has 0 aromatic heterocycles. The van der Waals surface area contributed by atoms with Crippen LogP contribution in [0.2, 0.25) is 0 Å². The third kappa shape index (κ3) is 7.33. The van der Waals surface area contributed by atoms with Gasteiger partial charge < -0.3 is 19.7 Å². The van der Waals surface area contributed by atoms with Gasteiger partial charge in [-0.25, -0.2) is 9.59 Å². The van der Waals surface area contributed by atoms with Gasteiger partial charge in [0.25, 0.3) is 0 Å². The highest BCUT2D eigenvalue weighted by Gasteiger charge is 2.37. The fourth-order valence-electron chi connectivity index (χ4n) is 4.69. The first-order valence-electron chi connectivity index (χ1n) is 14.5. The van der Waals surface area contributed by atoms with Crippen LogP contribution in [0.4, 0.5) is 0 Å². The molecule has 0 amide bonds. The van der Waals surface area contributed by atoms with Crippen LogP contribution in [0.3, 0.4) is 0 Å². The van der Waals surface area contributed by atoms with Crippen LogP contribution in [0.25, 0.3) is 0 Å². The van der Waals surface area contributed by atoms with Crippen LogP contribution in [0.1, 0.15) is 102 Å². The molecule has 0 atom stereocenters. The van der Waals surface area contributed by atoms with Gasteiger partial charge in [-0.1, -0.05) is 92.9 Å². The van der Waals surface area contributed by atoms with Gasteiger partial charge in [0.1, 0.15) is 0 Å². The third-order valence-electron chi connectivity index (χ3n) is 7.06. The average Bonchev–Trinajstić information content (AvgIpc) is 3.06.